The van der Waals surface area contributed by atoms with Crippen molar-refractivity contribution in [3.8, 4) is 17.3 Å². The number of nitrogens with zero attached hydrogens (tertiary/aromatic N) is 4. The number of para-hydroxylation sites is 2. The van der Waals surface area contributed by atoms with Crippen molar-refractivity contribution < 1.29 is 0 Å². The number of benzene rings is 2. The normalized spacial score (nSPS) is 10.9. The van der Waals surface area contributed by atoms with Gasteiger partial charge in [0.05, 0.1) is 22.3 Å². The van der Waals surface area contributed by atoms with Crippen molar-refractivity contribution in [1.29, 1.82) is 5.26 Å². The van der Waals surface area contributed by atoms with Crippen LogP contribution in [0.25, 0.3) is 28.1 Å². The third-order valence-electron chi connectivity index (χ3n) is 3.71. The molecule has 0 aliphatic heterocycles. The molecule has 0 aliphatic carbocycles. The van der Waals surface area contributed by atoms with Crippen molar-refractivity contribution in [2.45, 2.75) is 6.92 Å². The topological polar surface area (TPSA) is 54.0 Å². The second-order valence-electron chi connectivity index (χ2n) is 5.25. The Balaban J connectivity index is 2.07. The number of hydrogen-bond acceptors (Lipinski definition) is 3. The third-order valence-corrected chi connectivity index (χ3v) is 3.71. The Morgan fingerprint density at radius 1 is 1.05 bits per heavy atom. The molecule has 104 valence electrons. The Morgan fingerprint density at radius 3 is 2.73 bits per heavy atom. The summed E-state index contributed by atoms with van der Waals surface area (Å²) in [5.74, 6) is 0.608. The quantitative estimate of drug-likeness (QED) is 0.535. The number of fused-ring (bicyclic) bond motifs is 3. The number of nitriles is 1. The number of rotatable bonds is 1. The Bertz CT molecular complexity index is 1050. The molecule has 2 heterocycles. The minimum Gasteiger partial charge on any atom is -0.282 e. The monoisotopic (exact) mass is 284 g/mol. The number of hydrogen-bond donors (Lipinski definition) is 0. The summed E-state index contributed by atoms with van der Waals surface area (Å²) in [7, 11) is 0. The van der Waals surface area contributed by atoms with Gasteiger partial charge in [0, 0.05) is 11.8 Å². The van der Waals surface area contributed by atoms with Gasteiger partial charge in [-0.3, -0.25) is 4.40 Å². The standard InChI is InChI=1S/C18H12N4/c1-12-5-4-6-13(9-12)17-14(10-19)11-22-16-8-3-2-7-15(16)20-18(22)21-17/h2-9,11H,1H3. The van der Waals surface area contributed by atoms with Gasteiger partial charge in [-0.1, -0.05) is 35.9 Å². The highest BCUT2D eigenvalue weighted by atomic mass is 15.1. The summed E-state index contributed by atoms with van der Waals surface area (Å²) in [4.78, 5) is 9.17. The van der Waals surface area contributed by atoms with E-state index < -0.39 is 0 Å². The summed E-state index contributed by atoms with van der Waals surface area (Å²) in [6.45, 7) is 2.03. The Hall–Kier alpha value is -3.19. The van der Waals surface area contributed by atoms with Gasteiger partial charge in [0.2, 0.25) is 5.78 Å². The molecule has 0 spiro atoms. The van der Waals surface area contributed by atoms with Gasteiger partial charge < -0.3 is 0 Å². The molecule has 2 aromatic heterocycles. The molecule has 4 rings (SSSR count). The maximum absolute atomic E-state index is 9.49. The fourth-order valence-corrected chi connectivity index (χ4v) is 2.68. The molecule has 0 fully saturated rings. The smallest absolute Gasteiger partial charge is 0.235 e. The molecular weight excluding hydrogens is 272 g/mol. The fraction of sp³-hybridized carbons (Fsp3) is 0.0556. The lowest BCUT2D eigenvalue weighted by Crippen LogP contribution is -1.96. The van der Waals surface area contributed by atoms with Crippen LogP contribution in [-0.4, -0.2) is 14.4 Å². The lowest BCUT2D eigenvalue weighted by molar-refractivity contribution is 1.12. The van der Waals surface area contributed by atoms with Gasteiger partial charge in [0.25, 0.3) is 0 Å². The molecule has 0 aliphatic rings. The highest BCUT2D eigenvalue weighted by Crippen LogP contribution is 2.24. The van der Waals surface area contributed by atoms with Crippen molar-refractivity contribution in [3.05, 3.63) is 65.9 Å². The average Bonchev–Trinajstić information content (AvgIpc) is 2.91. The molecule has 0 saturated heterocycles. The van der Waals surface area contributed by atoms with Crippen LogP contribution in [0.4, 0.5) is 0 Å². The molecule has 2 aromatic carbocycles. The molecular formula is C18H12N4. The number of aryl methyl sites for hydroxylation is 1. The first-order chi connectivity index (χ1) is 10.8. The van der Waals surface area contributed by atoms with E-state index in [-0.39, 0.29) is 0 Å². The van der Waals surface area contributed by atoms with Crippen LogP contribution in [-0.2, 0) is 0 Å². The van der Waals surface area contributed by atoms with E-state index in [0.717, 1.165) is 22.2 Å². The van der Waals surface area contributed by atoms with Gasteiger partial charge in [-0.2, -0.15) is 5.26 Å². The van der Waals surface area contributed by atoms with E-state index in [2.05, 4.69) is 16.0 Å². The van der Waals surface area contributed by atoms with Crippen LogP contribution >= 0.6 is 0 Å². The van der Waals surface area contributed by atoms with Crippen LogP contribution in [0.15, 0.2) is 54.7 Å². The van der Waals surface area contributed by atoms with Gasteiger partial charge in [0.1, 0.15) is 6.07 Å². The van der Waals surface area contributed by atoms with Crippen molar-refractivity contribution in [2.75, 3.05) is 0 Å². The zero-order valence-corrected chi connectivity index (χ0v) is 12.0. The third kappa shape index (κ3) is 1.84. The highest BCUT2D eigenvalue weighted by molar-refractivity contribution is 5.81. The molecule has 0 amide bonds. The molecule has 4 heteroatoms. The highest BCUT2D eigenvalue weighted by Gasteiger charge is 2.12. The predicted molar refractivity (Wildman–Crippen MR) is 85.4 cm³/mol. The Morgan fingerprint density at radius 2 is 1.91 bits per heavy atom. The van der Waals surface area contributed by atoms with E-state index in [9.17, 15) is 5.26 Å². The van der Waals surface area contributed by atoms with Gasteiger partial charge in [-0.25, -0.2) is 9.97 Å². The summed E-state index contributed by atoms with van der Waals surface area (Å²) in [6, 6.07) is 18.1. The maximum atomic E-state index is 9.49. The zero-order valence-electron chi connectivity index (χ0n) is 12.0. The molecule has 4 aromatic rings. The summed E-state index contributed by atoms with van der Waals surface area (Å²) in [5.41, 5.74) is 5.12. The maximum Gasteiger partial charge on any atom is 0.235 e. The largest absolute Gasteiger partial charge is 0.282 e. The van der Waals surface area contributed by atoms with E-state index >= 15 is 0 Å². The summed E-state index contributed by atoms with van der Waals surface area (Å²) in [5, 5.41) is 9.49. The lowest BCUT2D eigenvalue weighted by Gasteiger charge is -2.05. The zero-order chi connectivity index (χ0) is 15.1. The van der Waals surface area contributed by atoms with Crippen molar-refractivity contribution >= 4 is 16.8 Å². The van der Waals surface area contributed by atoms with Crippen LogP contribution in [0.3, 0.4) is 0 Å². The number of imidazole rings is 1. The van der Waals surface area contributed by atoms with Crippen molar-refractivity contribution in [3.63, 3.8) is 0 Å². The predicted octanol–water partition coefficient (Wildman–Crippen LogP) is 3.73. The molecule has 22 heavy (non-hydrogen) atoms. The molecule has 0 atom stereocenters. The van der Waals surface area contributed by atoms with Crippen LogP contribution in [0.5, 0.6) is 0 Å². The van der Waals surface area contributed by atoms with Gasteiger partial charge in [-0.05, 0) is 25.1 Å². The fourth-order valence-electron chi connectivity index (χ4n) is 2.68. The summed E-state index contributed by atoms with van der Waals surface area (Å²) >= 11 is 0. The van der Waals surface area contributed by atoms with Gasteiger partial charge >= 0.3 is 0 Å². The number of aromatic nitrogens is 3. The van der Waals surface area contributed by atoms with Crippen molar-refractivity contribution in [1.82, 2.24) is 14.4 Å². The lowest BCUT2D eigenvalue weighted by atomic mass is 10.1. The second kappa shape index (κ2) is 4.68. The van der Waals surface area contributed by atoms with E-state index in [1.807, 2.05) is 66.1 Å². The van der Waals surface area contributed by atoms with E-state index in [4.69, 9.17) is 0 Å². The SMILES string of the molecule is Cc1cccc(-c2nc3nc4ccccc4n3cc2C#N)c1. The molecule has 4 nitrogen and oxygen atoms in total. The van der Waals surface area contributed by atoms with Crippen molar-refractivity contribution in [2.24, 2.45) is 0 Å². The first-order valence-electron chi connectivity index (χ1n) is 7.01. The van der Waals surface area contributed by atoms with Crippen LogP contribution in [0.2, 0.25) is 0 Å². The molecule has 0 N–H and O–H groups in total. The van der Waals surface area contributed by atoms with Gasteiger partial charge in [-0.15, -0.1) is 0 Å². The Kier molecular flexibility index (Phi) is 2.67. The molecule has 0 bridgehead atoms. The molecule has 0 radical (unpaired) electrons. The van der Waals surface area contributed by atoms with Crippen LogP contribution < -0.4 is 0 Å². The minimum atomic E-state index is 0.543. The average molecular weight is 284 g/mol. The first kappa shape index (κ1) is 12.5. The first-order valence-corrected chi connectivity index (χ1v) is 7.01. The van der Waals surface area contributed by atoms with Crippen LogP contribution in [0.1, 0.15) is 11.1 Å². The molecule has 0 unspecified atom stereocenters. The summed E-state index contributed by atoms with van der Waals surface area (Å²) < 4.78 is 1.87. The minimum absolute atomic E-state index is 0.543. The molecule has 0 saturated carbocycles. The summed E-state index contributed by atoms with van der Waals surface area (Å²) in [6.07, 6.45) is 1.81. The van der Waals surface area contributed by atoms with E-state index in [0.29, 0.717) is 17.0 Å². The van der Waals surface area contributed by atoms with E-state index in [1.54, 1.807) is 0 Å². The Labute approximate surface area is 127 Å². The van der Waals surface area contributed by atoms with Gasteiger partial charge in [0.15, 0.2) is 0 Å². The second-order valence-corrected chi connectivity index (χ2v) is 5.25. The van der Waals surface area contributed by atoms with E-state index in [1.165, 1.54) is 0 Å². The van der Waals surface area contributed by atoms with Crippen LogP contribution in [0, 0.1) is 18.3 Å².